The summed E-state index contributed by atoms with van der Waals surface area (Å²) >= 11 is 3.53. The highest BCUT2D eigenvalue weighted by molar-refractivity contribution is 9.10. The Labute approximate surface area is 292 Å². The van der Waals surface area contributed by atoms with Gasteiger partial charge in [-0.15, -0.1) is 0 Å². The third-order valence-corrected chi connectivity index (χ3v) is 10.8. The predicted octanol–water partition coefficient (Wildman–Crippen LogP) is 7.13. The smallest absolute Gasteiger partial charge is 0.264 e. The fraction of sp³-hybridized carbons (Fsp3) is 0.316. The van der Waals surface area contributed by atoms with Gasteiger partial charge in [0.1, 0.15) is 18.3 Å². The van der Waals surface area contributed by atoms with Crippen molar-refractivity contribution in [1.29, 1.82) is 0 Å². The molecule has 252 valence electrons. The van der Waals surface area contributed by atoms with E-state index in [2.05, 4.69) is 21.2 Å². The number of nitrogens with zero attached hydrogens (tertiary/aromatic N) is 2. The minimum Gasteiger partial charge on any atom is -0.494 e. The molecule has 2 amide bonds. The predicted molar refractivity (Wildman–Crippen MR) is 192 cm³/mol. The van der Waals surface area contributed by atoms with Crippen LogP contribution in [0.1, 0.15) is 50.2 Å². The lowest BCUT2D eigenvalue weighted by molar-refractivity contribution is -0.140. The van der Waals surface area contributed by atoms with Crippen LogP contribution in [0.5, 0.6) is 5.75 Å². The van der Waals surface area contributed by atoms with E-state index < -0.39 is 28.5 Å². The number of amides is 2. The Hall–Kier alpha value is -4.15. The van der Waals surface area contributed by atoms with Gasteiger partial charge in [0.15, 0.2) is 0 Å². The van der Waals surface area contributed by atoms with E-state index in [9.17, 15) is 18.0 Å². The summed E-state index contributed by atoms with van der Waals surface area (Å²) in [6.07, 6.45) is 5.30. The summed E-state index contributed by atoms with van der Waals surface area (Å²) in [6.45, 7) is 1.91. The molecular weight excluding hydrogens is 690 g/mol. The third-order valence-electron chi connectivity index (χ3n) is 8.51. The molecule has 5 rings (SSSR count). The van der Waals surface area contributed by atoms with E-state index in [1.807, 2.05) is 61.5 Å². The van der Waals surface area contributed by atoms with Gasteiger partial charge >= 0.3 is 0 Å². The first-order chi connectivity index (χ1) is 23.2. The van der Waals surface area contributed by atoms with Crippen molar-refractivity contribution < 1.29 is 22.7 Å². The van der Waals surface area contributed by atoms with Crippen molar-refractivity contribution in [1.82, 2.24) is 10.2 Å². The molecule has 1 atom stereocenters. The summed E-state index contributed by atoms with van der Waals surface area (Å²) in [5, 5.41) is 3.24. The molecule has 8 nitrogen and oxygen atoms in total. The number of benzene rings is 4. The van der Waals surface area contributed by atoms with Crippen LogP contribution in [0.25, 0.3) is 0 Å². The molecule has 0 radical (unpaired) electrons. The molecular formula is C38H42BrN3O5S. The Bertz CT molecular complexity index is 1750. The topological polar surface area (TPSA) is 96.0 Å². The molecule has 0 aliphatic heterocycles. The van der Waals surface area contributed by atoms with Gasteiger partial charge in [-0.1, -0.05) is 95.9 Å². The number of hydrogen-bond donors (Lipinski definition) is 1. The summed E-state index contributed by atoms with van der Waals surface area (Å²) in [5.41, 5.74) is 2.05. The van der Waals surface area contributed by atoms with Crippen LogP contribution >= 0.6 is 15.9 Å². The monoisotopic (exact) mass is 731 g/mol. The highest BCUT2D eigenvalue weighted by Crippen LogP contribution is 2.27. The van der Waals surface area contributed by atoms with Crippen molar-refractivity contribution in [3.8, 4) is 5.75 Å². The summed E-state index contributed by atoms with van der Waals surface area (Å²) in [5.74, 6) is -0.186. The summed E-state index contributed by atoms with van der Waals surface area (Å²) in [6, 6.07) is 31.1. The molecule has 1 fully saturated rings. The van der Waals surface area contributed by atoms with Crippen molar-refractivity contribution in [2.24, 2.45) is 0 Å². The highest BCUT2D eigenvalue weighted by atomic mass is 79.9. The summed E-state index contributed by atoms with van der Waals surface area (Å²) in [7, 11) is -4.20. The Morgan fingerprint density at radius 2 is 1.50 bits per heavy atom. The number of halogens is 1. The quantitative estimate of drug-likeness (QED) is 0.149. The second-order valence-corrected chi connectivity index (χ2v) is 14.7. The zero-order valence-corrected chi connectivity index (χ0v) is 29.5. The first-order valence-electron chi connectivity index (χ1n) is 16.4. The number of anilines is 1. The van der Waals surface area contributed by atoms with Crippen molar-refractivity contribution >= 4 is 43.5 Å². The van der Waals surface area contributed by atoms with Crippen LogP contribution in [-0.2, 0) is 32.6 Å². The van der Waals surface area contributed by atoms with Crippen molar-refractivity contribution in [2.75, 3.05) is 17.5 Å². The van der Waals surface area contributed by atoms with Gasteiger partial charge in [0.05, 0.1) is 17.2 Å². The first-order valence-corrected chi connectivity index (χ1v) is 18.7. The third kappa shape index (κ3) is 9.26. The van der Waals surface area contributed by atoms with Gasteiger partial charge in [0.2, 0.25) is 11.8 Å². The number of carbonyl (C=O) groups excluding carboxylic acids is 2. The molecule has 4 aromatic rings. The average molecular weight is 733 g/mol. The number of sulfonamides is 1. The largest absolute Gasteiger partial charge is 0.494 e. The molecule has 4 aromatic carbocycles. The second kappa shape index (κ2) is 16.8. The molecule has 1 N–H and O–H groups in total. The van der Waals surface area contributed by atoms with Gasteiger partial charge in [-0.3, -0.25) is 13.9 Å². The van der Waals surface area contributed by atoms with Gasteiger partial charge in [-0.2, -0.15) is 0 Å². The molecule has 48 heavy (non-hydrogen) atoms. The van der Waals surface area contributed by atoms with Gasteiger partial charge < -0.3 is 15.0 Å². The summed E-state index contributed by atoms with van der Waals surface area (Å²) in [4.78, 5) is 30.5. The van der Waals surface area contributed by atoms with Crippen LogP contribution in [0.4, 0.5) is 5.69 Å². The van der Waals surface area contributed by atoms with Crippen LogP contribution in [0, 0.1) is 0 Å². The number of hydrogen-bond acceptors (Lipinski definition) is 5. The van der Waals surface area contributed by atoms with E-state index in [0.717, 1.165) is 52.0 Å². The van der Waals surface area contributed by atoms with Crippen molar-refractivity contribution in [2.45, 2.75) is 69.0 Å². The molecule has 0 spiro atoms. The van der Waals surface area contributed by atoms with E-state index in [4.69, 9.17) is 4.74 Å². The maximum atomic E-state index is 14.7. The SMILES string of the molecule is CCOc1ccc(S(=O)(=O)N(CC(=O)N(Cc2cccc(Br)c2)[C@@H](Cc2ccccc2)C(=O)NC2CCCCC2)c2ccccc2)cc1. The maximum Gasteiger partial charge on any atom is 0.264 e. The van der Waals surface area contributed by atoms with Gasteiger partial charge in [-0.05, 0) is 79.4 Å². The minimum atomic E-state index is -4.20. The number of ether oxygens (including phenoxy) is 1. The lowest BCUT2D eigenvalue weighted by Gasteiger charge is -2.35. The fourth-order valence-electron chi connectivity index (χ4n) is 6.06. The van der Waals surface area contributed by atoms with Crippen LogP contribution in [-0.4, -0.2) is 50.4 Å². The Balaban J connectivity index is 1.54. The highest BCUT2D eigenvalue weighted by Gasteiger charge is 2.35. The molecule has 0 bridgehead atoms. The van der Waals surface area contributed by atoms with Crippen molar-refractivity contribution in [3.05, 3.63) is 125 Å². The van der Waals surface area contributed by atoms with Crippen LogP contribution in [0.3, 0.4) is 0 Å². The van der Waals surface area contributed by atoms with Gasteiger partial charge in [0, 0.05) is 23.5 Å². The molecule has 1 saturated carbocycles. The lowest BCUT2D eigenvalue weighted by Crippen LogP contribution is -2.55. The van der Waals surface area contributed by atoms with Crippen LogP contribution in [0.15, 0.2) is 119 Å². The molecule has 10 heteroatoms. The molecule has 1 aliphatic rings. The van der Waals surface area contributed by atoms with Gasteiger partial charge in [-0.25, -0.2) is 8.42 Å². The second-order valence-electron chi connectivity index (χ2n) is 12.0. The van der Waals surface area contributed by atoms with E-state index in [1.54, 1.807) is 42.5 Å². The number of para-hydroxylation sites is 1. The standard InChI is InChI=1S/C38H42BrN3O5S/c1-2-47-34-21-23-35(24-22-34)48(45,46)42(33-19-10-5-11-20-33)28-37(43)41(27-30-15-12-16-31(39)25-30)36(26-29-13-6-3-7-14-29)38(44)40-32-17-8-4-9-18-32/h3,5-7,10-16,19-25,32,36H,2,4,8-9,17-18,26-28H2,1H3,(H,40,44)/t36-/m0/s1. The first kappa shape index (κ1) is 35.2. The zero-order chi connectivity index (χ0) is 33.9. The van der Waals surface area contributed by atoms with E-state index in [1.165, 1.54) is 17.0 Å². The van der Waals surface area contributed by atoms with Crippen LogP contribution < -0.4 is 14.4 Å². The average Bonchev–Trinajstić information content (AvgIpc) is 3.10. The Morgan fingerprint density at radius 1 is 0.854 bits per heavy atom. The number of carbonyl (C=O) groups is 2. The van der Waals surface area contributed by atoms with E-state index in [-0.39, 0.29) is 29.8 Å². The van der Waals surface area contributed by atoms with E-state index in [0.29, 0.717) is 18.0 Å². The molecule has 0 saturated heterocycles. The lowest BCUT2D eigenvalue weighted by atomic mass is 9.94. The Morgan fingerprint density at radius 3 is 2.15 bits per heavy atom. The molecule has 0 aromatic heterocycles. The zero-order valence-electron chi connectivity index (χ0n) is 27.1. The van der Waals surface area contributed by atoms with E-state index >= 15 is 0 Å². The summed E-state index contributed by atoms with van der Waals surface area (Å²) < 4.78 is 36.0. The minimum absolute atomic E-state index is 0.0250. The number of rotatable bonds is 14. The molecule has 0 unspecified atom stereocenters. The molecule has 0 heterocycles. The fourth-order valence-corrected chi connectivity index (χ4v) is 7.92. The van der Waals surface area contributed by atoms with Crippen LogP contribution in [0.2, 0.25) is 0 Å². The number of nitrogens with one attached hydrogen (secondary N) is 1. The van der Waals surface area contributed by atoms with Gasteiger partial charge in [0.25, 0.3) is 10.0 Å². The normalized spacial score (nSPS) is 14.1. The Kier molecular flexibility index (Phi) is 12.3. The molecule has 1 aliphatic carbocycles. The maximum absolute atomic E-state index is 14.7. The van der Waals surface area contributed by atoms with Crippen molar-refractivity contribution in [3.63, 3.8) is 0 Å².